The molecule has 0 saturated carbocycles. The average Bonchev–Trinajstić information content (AvgIpc) is 2.16. The van der Waals surface area contributed by atoms with Crippen LogP contribution in [0.1, 0.15) is 10.4 Å². The molecular weight excluding hydrogens is 312 g/mol. The third-order valence-electron chi connectivity index (χ3n) is 2.33. The van der Waals surface area contributed by atoms with Crippen molar-refractivity contribution >= 4 is 28.5 Å². The third kappa shape index (κ3) is 1.98. The van der Waals surface area contributed by atoms with Gasteiger partial charge in [-0.25, -0.2) is 4.39 Å². The van der Waals surface area contributed by atoms with Crippen molar-refractivity contribution in [2.75, 3.05) is 13.1 Å². The zero-order valence-corrected chi connectivity index (χ0v) is 9.94. The highest BCUT2D eigenvalue weighted by Gasteiger charge is 2.30. The van der Waals surface area contributed by atoms with E-state index in [9.17, 15) is 9.18 Å². The molecule has 1 fully saturated rings. The van der Waals surface area contributed by atoms with Crippen molar-refractivity contribution in [2.45, 2.75) is 6.10 Å². The van der Waals surface area contributed by atoms with Crippen LogP contribution in [0.2, 0.25) is 0 Å². The van der Waals surface area contributed by atoms with Crippen molar-refractivity contribution in [3.63, 3.8) is 0 Å². The van der Waals surface area contributed by atoms with Crippen LogP contribution >= 0.6 is 22.6 Å². The van der Waals surface area contributed by atoms with Crippen molar-refractivity contribution in [3.8, 4) is 0 Å². The van der Waals surface area contributed by atoms with Crippen LogP contribution in [0.4, 0.5) is 4.39 Å². The Bertz CT molecular complexity index is 404. The zero-order chi connectivity index (χ0) is 11.0. The van der Waals surface area contributed by atoms with Gasteiger partial charge in [0.15, 0.2) is 0 Å². The summed E-state index contributed by atoms with van der Waals surface area (Å²) in [7, 11) is 0. The lowest BCUT2D eigenvalue weighted by Gasteiger charge is -2.36. The van der Waals surface area contributed by atoms with Crippen LogP contribution in [-0.4, -0.2) is 35.1 Å². The van der Waals surface area contributed by atoms with E-state index in [1.54, 1.807) is 6.07 Å². The predicted octanol–water partition coefficient (Wildman–Crippen LogP) is 1.25. The molecule has 0 spiro atoms. The highest BCUT2D eigenvalue weighted by molar-refractivity contribution is 14.1. The van der Waals surface area contributed by atoms with E-state index in [1.165, 1.54) is 17.0 Å². The van der Waals surface area contributed by atoms with Crippen molar-refractivity contribution in [1.29, 1.82) is 0 Å². The second-order valence-electron chi connectivity index (χ2n) is 3.47. The summed E-state index contributed by atoms with van der Waals surface area (Å²) in [4.78, 5) is 13.3. The molecule has 0 aliphatic carbocycles. The van der Waals surface area contributed by atoms with E-state index >= 15 is 0 Å². The van der Waals surface area contributed by atoms with Crippen LogP contribution < -0.4 is 0 Å². The van der Waals surface area contributed by atoms with Crippen LogP contribution in [0.25, 0.3) is 0 Å². The second-order valence-corrected chi connectivity index (χ2v) is 4.54. The first-order valence-electron chi connectivity index (χ1n) is 4.51. The Morgan fingerprint density at radius 1 is 1.53 bits per heavy atom. The summed E-state index contributed by atoms with van der Waals surface area (Å²) in [5, 5.41) is 9.07. The van der Waals surface area contributed by atoms with Gasteiger partial charge in [-0.2, -0.15) is 0 Å². The van der Waals surface area contributed by atoms with Crippen molar-refractivity contribution in [1.82, 2.24) is 4.90 Å². The minimum absolute atomic E-state index is 0.218. The van der Waals surface area contributed by atoms with Crippen LogP contribution in [-0.2, 0) is 0 Å². The van der Waals surface area contributed by atoms with Crippen LogP contribution in [0.15, 0.2) is 18.2 Å². The minimum atomic E-state index is -0.430. The van der Waals surface area contributed by atoms with Gasteiger partial charge in [-0.05, 0) is 34.7 Å². The quantitative estimate of drug-likeness (QED) is 0.791. The van der Waals surface area contributed by atoms with Gasteiger partial charge in [0.25, 0.3) is 5.91 Å². The summed E-state index contributed by atoms with van der Waals surface area (Å²) < 4.78 is 13.5. The first-order valence-corrected chi connectivity index (χ1v) is 5.59. The molecule has 0 unspecified atom stereocenters. The number of halogens is 2. The highest BCUT2D eigenvalue weighted by Crippen LogP contribution is 2.20. The number of amides is 1. The molecule has 15 heavy (non-hydrogen) atoms. The Morgan fingerprint density at radius 2 is 2.20 bits per heavy atom. The van der Waals surface area contributed by atoms with E-state index in [0.717, 1.165) is 0 Å². The maximum Gasteiger partial charge on any atom is 0.255 e. The SMILES string of the molecule is O=C(c1cccc(F)c1I)N1CC(O)C1. The van der Waals surface area contributed by atoms with Gasteiger partial charge in [0, 0.05) is 13.1 Å². The molecule has 3 nitrogen and oxygen atoms in total. The summed E-state index contributed by atoms with van der Waals surface area (Å²) in [5.41, 5.74) is 0.363. The average molecular weight is 321 g/mol. The van der Waals surface area contributed by atoms with Gasteiger partial charge < -0.3 is 10.0 Å². The van der Waals surface area contributed by atoms with Gasteiger partial charge >= 0.3 is 0 Å². The Morgan fingerprint density at radius 3 is 2.80 bits per heavy atom. The molecule has 5 heteroatoms. The molecule has 0 aromatic heterocycles. The van der Waals surface area contributed by atoms with Crippen molar-refractivity contribution < 1.29 is 14.3 Å². The minimum Gasteiger partial charge on any atom is -0.389 e. The van der Waals surface area contributed by atoms with Gasteiger partial charge in [0.1, 0.15) is 5.82 Å². The molecule has 1 aliphatic heterocycles. The van der Waals surface area contributed by atoms with Crippen molar-refractivity contribution in [2.24, 2.45) is 0 Å². The van der Waals surface area contributed by atoms with Gasteiger partial charge in [-0.3, -0.25) is 4.79 Å². The van der Waals surface area contributed by atoms with E-state index in [4.69, 9.17) is 5.11 Å². The summed E-state index contributed by atoms with van der Waals surface area (Å²) in [6.45, 7) is 0.677. The molecule has 1 aliphatic rings. The molecule has 1 saturated heterocycles. The molecule has 1 heterocycles. The standard InChI is InChI=1S/C10H9FINO2/c11-8-3-1-2-7(9(8)12)10(15)13-4-6(14)5-13/h1-3,6,14H,4-5H2. The van der Waals surface area contributed by atoms with E-state index in [1.807, 2.05) is 22.6 Å². The topological polar surface area (TPSA) is 40.5 Å². The molecule has 1 amide bonds. The van der Waals surface area contributed by atoms with Gasteiger partial charge in [-0.1, -0.05) is 6.07 Å². The Hall–Kier alpha value is -0.690. The number of carbonyl (C=O) groups is 1. The molecule has 0 atom stereocenters. The van der Waals surface area contributed by atoms with Gasteiger partial charge in [0.05, 0.1) is 15.2 Å². The summed E-state index contributed by atoms with van der Waals surface area (Å²) >= 11 is 1.81. The smallest absolute Gasteiger partial charge is 0.255 e. The van der Waals surface area contributed by atoms with E-state index in [-0.39, 0.29) is 11.7 Å². The number of carbonyl (C=O) groups excluding carboxylic acids is 1. The number of nitrogens with zero attached hydrogens (tertiary/aromatic N) is 1. The number of hydrogen-bond acceptors (Lipinski definition) is 2. The summed E-state index contributed by atoms with van der Waals surface area (Å²) in [5.74, 6) is -0.605. The molecule has 1 N–H and O–H groups in total. The molecular formula is C10H9FINO2. The number of hydrogen-bond donors (Lipinski definition) is 1. The predicted molar refractivity (Wildman–Crippen MR) is 61.0 cm³/mol. The van der Waals surface area contributed by atoms with Crippen LogP contribution in [0, 0.1) is 9.39 Å². The van der Waals surface area contributed by atoms with Gasteiger partial charge in [-0.15, -0.1) is 0 Å². The number of aliphatic hydroxyl groups excluding tert-OH is 1. The Kier molecular flexibility index (Phi) is 2.92. The fourth-order valence-electron chi connectivity index (χ4n) is 1.46. The van der Waals surface area contributed by atoms with Crippen LogP contribution in [0.3, 0.4) is 0 Å². The largest absolute Gasteiger partial charge is 0.389 e. The molecule has 2 rings (SSSR count). The Labute approximate surface area is 100 Å². The number of benzene rings is 1. The van der Waals surface area contributed by atoms with Crippen molar-refractivity contribution in [3.05, 3.63) is 33.1 Å². The lowest BCUT2D eigenvalue weighted by atomic mass is 10.1. The number of aliphatic hydroxyl groups is 1. The van der Waals surface area contributed by atoms with Gasteiger partial charge in [0.2, 0.25) is 0 Å². The fourth-order valence-corrected chi connectivity index (χ4v) is 2.05. The summed E-state index contributed by atoms with van der Waals surface area (Å²) in [6.07, 6.45) is -0.430. The second kappa shape index (κ2) is 4.05. The molecule has 1 aromatic rings. The zero-order valence-electron chi connectivity index (χ0n) is 7.78. The number of likely N-dealkylation sites (tertiary alicyclic amines) is 1. The van der Waals surface area contributed by atoms with Crippen LogP contribution in [0.5, 0.6) is 0 Å². The normalized spacial score (nSPS) is 16.3. The fraction of sp³-hybridized carbons (Fsp3) is 0.300. The van der Waals surface area contributed by atoms with E-state index < -0.39 is 6.10 Å². The molecule has 1 aromatic carbocycles. The maximum absolute atomic E-state index is 13.2. The monoisotopic (exact) mass is 321 g/mol. The first-order chi connectivity index (χ1) is 7.09. The summed E-state index contributed by atoms with van der Waals surface area (Å²) in [6, 6.07) is 4.43. The molecule has 0 bridgehead atoms. The lowest BCUT2D eigenvalue weighted by Crippen LogP contribution is -2.53. The van der Waals surface area contributed by atoms with E-state index in [2.05, 4.69) is 0 Å². The lowest BCUT2D eigenvalue weighted by molar-refractivity contribution is 0.00579. The number of β-amino-alcohol motifs (C(OH)–C–C–N with tert-alkyl or cyclic N) is 1. The maximum atomic E-state index is 13.2. The third-order valence-corrected chi connectivity index (χ3v) is 3.43. The molecule has 0 radical (unpaired) electrons. The molecule has 80 valence electrons. The highest BCUT2D eigenvalue weighted by atomic mass is 127. The number of rotatable bonds is 1. The Balaban J connectivity index is 2.22. The van der Waals surface area contributed by atoms with E-state index in [0.29, 0.717) is 22.2 Å². The first kappa shape index (κ1) is 10.8.